The van der Waals surface area contributed by atoms with Gasteiger partial charge in [0.2, 0.25) is 0 Å². The summed E-state index contributed by atoms with van der Waals surface area (Å²) in [7, 11) is 1.63. The third-order valence-corrected chi connectivity index (χ3v) is 5.02. The number of aromatic nitrogens is 1. The first-order chi connectivity index (χ1) is 11.7. The molecule has 1 aromatic heterocycles. The Morgan fingerprint density at radius 2 is 2.00 bits per heavy atom. The molecule has 0 radical (unpaired) electrons. The standard InChI is InChI=1S/C18H16N2O2S2/c1-22-14-8-6-12(7-9-14)18-20-16(11-24-18)17(21)19-13-4-3-5-15(10-13)23-2/h3-11H,1-2H3,(H,19,21). The lowest BCUT2D eigenvalue weighted by atomic mass is 10.2. The van der Waals surface area contributed by atoms with E-state index in [9.17, 15) is 4.79 Å². The van der Waals surface area contributed by atoms with Gasteiger partial charge in [-0.3, -0.25) is 4.79 Å². The fraction of sp³-hybridized carbons (Fsp3) is 0.111. The average molecular weight is 356 g/mol. The van der Waals surface area contributed by atoms with Crippen molar-refractivity contribution in [3.05, 3.63) is 59.6 Å². The number of ether oxygens (including phenoxy) is 1. The molecule has 122 valence electrons. The Kier molecular flexibility index (Phi) is 5.17. The van der Waals surface area contributed by atoms with Gasteiger partial charge >= 0.3 is 0 Å². The molecule has 0 fully saturated rings. The summed E-state index contributed by atoms with van der Waals surface area (Å²) in [4.78, 5) is 17.9. The smallest absolute Gasteiger partial charge is 0.275 e. The quantitative estimate of drug-likeness (QED) is 0.668. The predicted molar refractivity (Wildman–Crippen MR) is 100 cm³/mol. The molecular weight excluding hydrogens is 340 g/mol. The normalized spacial score (nSPS) is 10.4. The molecule has 1 heterocycles. The molecular formula is C18H16N2O2S2. The molecule has 3 rings (SSSR count). The molecule has 6 heteroatoms. The number of thiazole rings is 1. The van der Waals surface area contributed by atoms with E-state index in [1.54, 1.807) is 24.3 Å². The molecule has 4 nitrogen and oxygen atoms in total. The largest absolute Gasteiger partial charge is 0.497 e. The van der Waals surface area contributed by atoms with E-state index in [4.69, 9.17) is 4.74 Å². The highest BCUT2D eigenvalue weighted by Crippen LogP contribution is 2.26. The highest BCUT2D eigenvalue weighted by atomic mass is 32.2. The highest BCUT2D eigenvalue weighted by Gasteiger charge is 2.12. The first-order valence-corrected chi connectivity index (χ1v) is 9.35. The molecule has 3 aromatic rings. The molecule has 1 amide bonds. The Bertz CT molecular complexity index is 844. The number of anilines is 1. The molecule has 0 saturated carbocycles. The van der Waals surface area contributed by atoms with Crippen molar-refractivity contribution < 1.29 is 9.53 Å². The SMILES string of the molecule is COc1ccc(-c2nc(C(=O)Nc3cccc(SC)c3)cs2)cc1. The molecule has 0 unspecified atom stereocenters. The van der Waals surface area contributed by atoms with Crippen molar-refractivity contribution in [2.24, 2.45) is 0 Å². The van der Waals surface area contributed by atoms with Crippen LogP contribution in [0.3, 0.4) is 0 Å². The van der Waals surface area contributed by atoms with Gasteiger partial charge in [-0.15, -0.1) is 23.1 Å². The molecule has 0 saturated heterocycles. The Hall–Kier alpha value is -2.31. The van der Waals surface area contributed by atoms with Gasteiger partial charge in [-0.1, -0.05) is 6.07 Å². The molecule has 0 aliphatic heterocycles. The number of methoxy groups -OCH3 is 1. The molecule has 24 heavy (non-hydrogen) atoms. The van der Waals surface area contributed by atoms with E-state index in [2.05, 4.69) is 10.3 Å². The summed E-state index contributed by atoms with van der Waals surface area (Å²) in [5.74, 6) is 0.589. The number of benzene rings is 2. The van der Waals surface area contributed by atoms with Gasteiger partial charge < -0.3 is 10.1 Å². The summed E-state index contributed by atoms with van der Waals surface area (Å²) in [6.07, 6.45) is 2.00. The third kappa shape index (κ3) is 3.77. The summed E-state index contributed by atoms with van der Waals surface area (Å²) in [5, 5.41) is 5.47. The monoisotopic (exact) mass is 356 g/mol. The molecule has 0 aliphatic rings. The maximum atomic E-state index is 12.4. The van der Waals surface area contributed by atoms with E-state index in [1.165, 1.54) is 11.3 Å². The van der Waals surface area contributed by atoms with Gasteiger partial charge in [0.05, 0.1) is 7.11 Å². The van der Waals surface area contributed by atoms with Crippen molar-refractivity contribution in [2.75, 3.05) is 18.7 Å². The Morgan fingerprint density at radius 3 is 2.71 bits per heavy atom. The van der Waals surface area contributed by atoms with E-state index < -0.39 is 0 Å². The minimum atomic E-state index is -0.204. The lowest BCUT2D eigenvalue weighted by molar-refractivity contribution is 0.102. The maximum absolute atomic E-state index is 12.4. The third-order valence-electron chi connectivity index (χ3n) is 3.40. The summed E-state index contributed by atoms with van der Waals surface area (Å²) in [6.45, 7) is 0. The van der Waals surface area contributed by atoms with Gasteiger partial charge in [0.25, 0.3) is 5.91 Å². The number of carbonyl (C=O) groups excluding carboxylic acids is 1. The van der Waals surface area contributed by atoms with Crippen molar-refractivity contribution in [1.29, 1.82) is 0 Å². The number of rotatable bonds is 5. The van der Waals surface area contributed by atoms with Crippen LogP contribution in [0.5, 0.6) is 5.75 Å². The molecule has 1 N–H and O–H groups in total. The molecule has 2 aromatic carbocycles. The van der Waals surface area contributed by atoms with Crippen LogP contribution in [0.15, 0.2) is 58.8 Å². The molecule has 0 atom stereocenters. The molecule has 0 spiro atoms. The summed E-state index contributed by atoms with van der Waals surface area (Å²) in [6, 6.07) is 15.4. The predicted octanol–water partition coefficient (Wildman–Crippen LogP) is 4.79. The van der Waals surface area contributed by atoms with Crippen LogP contribution in [-0.2, 0) is 0 Å². The van der Waals surface area contributed by atoms with Gasteiger partial charge in [-0.2, -0.15) is 0 Å². The number of amides is 1. The summed E-state index contributed by atoms with van der Waals surface area (Å²) in [5.41, 5.74) is 2.15. The first-order valence-electron chi connectivity index (χ1n) is 7.25. The summed E-state index contributed by atoms with van der Waals surface area (Å²) < 4.78 is 5.15. The highest BCUT2D eigenvalue weighted by molar-refractivity contribution is 7.98. The first kappa shape index (κ1) is 16.5. The van der Waals surface area contributed by atoms with Crippen molar-refractivity contribution in [3.8, 4) is 16.3 Å². The zero-order valence-corrected chi connectivity index (χ0v) is 14.9. The van der Waals surface area contributed by atoms with Crippen LogP contribution < -0.4 is 10.1 Å². The van der Waals surface area contributed by atoms with Crippen LogP contribution in [0, 0.1) is 0 Å². The fourth-order valence-corrected chi connectivity index (χ4v) is 3.41. The fourth-order valence-electron chi connectivity index (χ4n) is 2.14. The maximum Gasteiger partial charge on any atom is 0.275 e. The van der Waals surface area contributed by atoms with Gasteiger partial charge in [0.15, 0.2) is 0 Å². The topological polar surface area (TPSA) is 51.2 Å². The van der Waals surface area contributed by atoms with E-state index >= 15 is 0 Å². The second-order valence-electron chi connectivity index (χ2n) is 4.95. The van der Waals surface area contributed by atoms with Crippen LogP contribution in [0.2, 0.25) is 0 Å². The number of hydrogen-bond donors (Lipinski definition) is 1. The number of nitrogens with one attached hydrogen (secondary N) is 1. The van der Waals surface area contributed by atoms with Crippen LogP contribution in [-0.4, -0.2) is 24.3 Å². The number of thioether (sulfide) groups is 1. The zero-order valence-electron chi connectivity index (χ0n) is 13.3. The van der Waals surface area contributed by atoms with E-state index in [0.29, 0.717) is 5.69 Å². The molecule has 0 aliphatic carbocycles. The van der Waals surface area contributed by atoms with Gasteiger partial charge in [-0.25, -0.2) is 4.98 Å². The number of hydrogen-bond acceptors (Lipinski definition) is 5. The summed E-state index contributed by atoms with van der Waals surface area (Å²) >= 11 is 3.08. The lowest BCUT2D eigenvalue weighted by Crippen LogP contribution is -2.12. The second-order valence-corrected chi connectivity index (χ2v) is 6.69. The van der Waals surface area contributed by atoms with Gasteiger partial charge in [0.1, 0.15) is 16.5 Å². The van der Waals surface area contributed by atoms with Crippen molar-refractivity contribution >= 4 is 34.7 Å². The second kappa shape index (κ2) is 7.51. The Morgan fingerprint density at radius 1 is 1.21 bits per heavy atom. The van der Waals surface area contributed by atoms with E-state index in [-0.39, 0.29) is 5.91 Å². The van der Waals surface area contributed by atoms with Gasteiger partial charge in [0, 0.05) is 21.5 Å². The van der Waals surface area contributed by atoms with Gasteiger partial charge in [-0.05, 0) is 48.7 Å². The van der Waals surface area contributed by atoms with Crippen molar-refractivity contribution in [1.82, 2.24) is 4.98 Å². The molecule has 0 bridgehead atoms. The van der Waals surface area contributed by atoms with E-state index in [1.807, 2.05) is 54.8 Å². The lowest BCUT2D eigenvalue weighted by Gasteiger charge is -2.04. The Labute approximate surface area is 148 Å². The van der Waals surface area contributed by atoms with Crippen molar-refractivity contribution in [3.63, 3.8) is 0 Å². The number of nitrogens with zero attached hydrogens (tertiary/aromatic N) is 1. The number of carbonyl (C=O) groups is 1. The van der Waals surface area contributed by atoms with Crippen LogP contribution in [0.1, 0.15) is 10.5 Å². The Balaban J connectivity index is 1.75. The van der Waals surface area contributed by atoms with Crippen LogP contribution >= 0.6 is 23.1 Å². The van der Waals surface area contributed by atoms with Crippen LogP contribution in [0.25, 0.3) is 10.6 Å². The zero-order chi connectivity index (χ0) is 16.9. The van der Waals surface area contributed by atoms with Crippen LogP contribution in [0.4, 0.5) is 5.69 Å². The average Bonchev–Trinajstić information content (AvgIpc) is 3.12. The van der Waals surface area contributed by atoms with Crippen molar-refractivity contribution in [2.45, 2.75) is 4.90 Å². The minimum Gasteiger partial charge on any atom is -0.497 e. The van der Waals surface area contributed by atoms with E-state index in [0.717, 1.165) is 26.9 Å². The minimum absolute atomic E-state index is 0.204.